The summed E-state index contributed by atoms with van der Waals surface area (Å²) in [5.41, 5.74) is 1.03. The van der Waals surface area contributed by atoms with Crippen molar-refractivity contribution in [2.75, 3.05) is 31.1 Å². The van der Waals surface area contributed by atoms with Crippen LogP contribution in [0, 0.1) is 11.8 Å². The number of rotatable bonds is 3. The van der Waals surface area contributed by atoms with Gasteiger partial charge in [0.15, 0.2) is 0 Å². The van der Waals surface area contributed by atoms with Gasteiger partial charge in [-0.05, 0) is 50.6 Å². The average molecular weight is 290 g/mol. The molecule has 2 aliphatic rings. The predicted octanol–water partition coefficient (Wildman–Crippen LogP) is 1.48. The lowest BCUT2D eigenvalue weighted by Gasteiger charge is -2.31. The first kappa shape index (κ1) is 14.6. The van der Waals surface area contributed by atoms with Crippen LogP contribution in [0.15, 0.2) is 17.1 Å². The highest BCUT2D eigenvalue weighted by atomic mass is 16.1. The molecular formula is C16H26N4O. The van der Waals surface area contributed by atoms with Gasteiger partial charge < -0.3 is 10.2 Å². The van der Waals surface area contributed by atoms with Crippen molar-refractivity contribution in [1.29, 1.82) is 0 Å². The molecule has 5 heteroatoms. The van der Waals surface area contributed by atoms with E-state index >= 15 is 0 Å². The molecule has 0 radical (unpaired) electrons. The van der Waals surface area contributed by atoms with Crippen molar-refractivity contribution in [3.8, 4) is 0 Å². The van der Waals surface area contributed by atoms with E-state index in [1.165, 1.54) is 25.7 Å². The Morgan fingerprint density at radius 3 is 2.81 bits per heavy atom. The summed E-state index contributed by atoms with van der Waals surface area (Å²) in [6, 6.07) is 1.76. The summed E-state index contributed by atoms with van der Waals surface area (Å²) in [6.07, 6.45) is 6.66. The van der Waals surface area contributed by atoms with Crippen LogP contribution in [0.2, 0.25) is 0 Å². The molecule has 0 aliphatic carbocycles. The molecule has 1 aromatic rings. The van der Waals surface area contributed by atoms with Crippen LogP contribution in [0.25, 0.3) is 0 Å². The molecular weight excluding hydrogens is 264 g/mol. The van der Waals surface area contributed by atoms with Crippen molar-refractivity contribution in [2.45, 2.75) is 39.2 Å². The van der Waals surface area contributed by atoms with Gasteiger partial charge in [0, 0.05) is 25.7 Å². The minimum absolute atomic E-state index is 0.0386. The van der Waals surface area contributed by atoms with Crippen molar-refractivity contribution < 1.29 is 0 Å². The quantitative estimate of drug-likeness (QED) is 0.916. The number of nitrogens with one attached hydrogen (secondary N) is 1. The lowest BCUT2D eigenvalue weighted by molar-refractivity contribution is 0.319. The second-order valence-corrected chi connectivity index (χ2v) is 6.62. The fraction of sp³-hybridized carbons (Fsp3) is 0.750. The van der Waals surface area contributed by atoms with E-state index in [-0.39, 0.29) is 5.56 Å². The smallest absolute Gasteiger partial charge is 0.268 e. The number of hydrogen-bond acceptors (Lipinski definition) is 4. The van der Waals surface area contributed by atoms with Crippen molar-refractivity contribution in [3.05, 3.63) is 22.6 Å². The van der Waals surface area contributed by atoms with Gasteiger partial charge in [0.1, 0.15) is 0 Å². The monoisotopic (exact) mass is 290 g/mol. The summed E-state index contributed by atoms with van der Waals surface area (Å²) in [5, 5.41) is 7.79. The van der Waals surface area contributed by atoms with Crippen molar-refractivity contribution in [1.82, 2.24) is 15.1 Å². The molecule has 21 heavy (non-hydrogen) atoms. The zero-order valence-corrected chi connectivity index (χ0v) is 12.9. The van der Waals surface area contributed by atoms with Gasteiger partial charge in [0.05, 0.1) is 11.9 Å². The minimum Gasteiger partial charge on any atom is -0.370 e. The van der Waals surface area contributed by atoms with E-state index in [1.54, 1.807) is 10.7 Å². The zero-order valence-electron chi connectivity index (χ0n) is 12.9. The molecule has 0 spiro atoms. The predicted molar refractivity (Wildman–Crippen MR) is 84.7 cm³/mol. The molecule has 0 bridgehead atoms. The molecule has 2 aliphatic heterocycles. The molecule has 1 atom stereocenters. The van der Waals surface area contributed by atoms with Gasteiger partial charge in [-0.2, -0.15) is 5.10 Å². The fourth-order valence-electron chi connectivity index (χ4n) is 3.33. The Balaban J connectivity index is 1.66. The Morgan fingerprint density at radius 1 is 1.33 bits per heavy atom. The molecule has 2 fully saturated rings. The molecule has 2 saturated heterocycles. The fourth-order valence-corrected chi connectivity index (χ4v) is 3.33. The van der Waals surface area contributed by atoms with Gasteiger partial charge >= 0.3 is 0 Å². The molecule has 0 amide bonds. The van der Waals surface area contributed by atoms with Gasteiger partial charge in [0.25, 0.3) is 5.56 Å². The van der Waals surface area contributed by atoms with Crippen molar-refractivity contribution >= 4 is 5.69 Å². The Labute approximate surface area is 126 Å². The van der Waals surface area contributed by atoms with Crippen LogP contribution >= 0.6 is 0 Å². The van der Waals surface area contributed by atoms with Crippen LogP contribution in [0.3, 0.4) is 0 Å². The summed E-state index contributed by atoms with van der Waals surface area (Å²) in [7, 11) is 0. The number of aromatic nitrogens is 2. The van der Waals surface area contributed by atoms with E-state index in [0.29, 0.717) is 5.92 Å². The van der Waals surface area contributed by atoms with E-state index in [0.717, 1.165) is 44.3 Å². The lowest BCUT2D eigenvalue weighted by atomic mass is 9.99. The Kier molecular flexibility index (Phi) is 4.58. The number of anilines is 1. The standard InChI is InChI=1S/C16H26N4O/c1-13-4-7-19(8-5-13)15-9-16(21)20(18-11-15)12-14-3-2-6-17-10-14/h9,11,13-14,17H,2-8,10,12H2,1H3. The third-order valence-corrected chi connectivity index (χ3v) is 4.83. The summed E-state index contributed by atoms with van der Waals surface area (Å²) in [6.45, 7) is 7.22. The van der Waals surface area contributed by atoms with E-state index < -0.39 is 0 Å². The molecule has 3 heterocycles. The van der Waals surface area contributed by atoms with Crippen LogP contribution in [0.5, 0.6) is 0 Å². The van der Waals surface area contributed by atoms with Gasteiger partial charge in [0.2, 0.25) is 0 Å². The Bertz CT molecular complexity index is 513. The highest BCUT2D eigenvalue weighted by molar-refractivity contribution is 5.43. The normalized spacial score (nSPS) is 24.2. The first-order valence-corrected chi connectivity index (χ1v) is 8.25. The van der Waals surface area contributed by atoms with E-state index in [4.69, 9.17) is 0 Å². The third-order valence-electron chi connectivity index (χ3n) is 4.83. The van der Waals surface area contributed by atoms with Gasteiger partial charge in [-0.25, -0.2) is 4.68 Å². The Hall–Kier alpha value is -1.36. The highest BCUT2D eigenvalue weighted by Gasteiger charge is 2.18. The van der Waals surface area contributed by atoms with E-state index in [1.807, 2.05) is 6.20 Å². The topological polar surface area (TPSA) is 50.2 Å². The molecule has 1 aromatic heterocycles. The lowest BCUT2D eigenvalue weighted by Crippen LogP contribution is -2.37. The van der Waals surface area contributed by atoms with Gasteiger partial charge in [-0.3, -0.25) is 4.79 Å². The highest BCUT2D eigenvalue weighted by Crippen LogP contribution is 2.21. The molecule has 5 nitrogen and oxygen atoms in total. The second kappa shape index (κ2) is 6.60. The number of nitrogens with zero attached hydrogens (tertiary/aromatic N) is 3. The molecule has 0 saturated carbocycles. The third kappa shape index (κ3) is 3.64. The summed E-state index contributed by atoms with van der Waals surface area (Å²) >= 11 is 0. The maximum Gasteiger partial charge on any atom is 0.268 e. The summed E-state index contributed by atoms with van der Waals surface area (Å²) in [4.78, 5) is 14.6. The average Bonchev–Trinajstić information content (AvgIpc) is 2.51. The maximum atomic E-state index is 12.3. The number of hydrogen-bond donors (Lipinski definition) is 1. The van der Waals surface area contributed by atoms with Crippen molar-refractivity contribution in [2.24, 2.45) is 11.8 Å². The molecule has 3 rings (SSSR count). The van der Waals surface area contributed by atoms with Gasteiger partial charge in [-0.1, -0.05) is 6.92 Å². The molecule has 0 aromatic carbocycles. The molecule has 1 N–H and O–H groups in total. The first-order chi connectivity index (χ1) is 10.2. The minimum atomic E-state index is 0.0386. The zero-order chi connectivity index (χ0) is 14.7. The summed E-state index contributed by atoms with van der Waals surface area (Å²) < 4.78 is 1.63. The molecule has 1 unspecified atom stereocenters. The summed E-state index contributed by atoms with van der Waals surface area (Å²) in [5.74, 6) is 1.33. The van der Waals surface area contributed by atoms with Crippen LogP contribution in [-0.4, -0.2) is 36.0 Å². The SMILES string of the molecule is CC1CCN(c2cnn(CC3CCCNC3)c(=O)c2)CC1. The van der Waals surface area contributed by atoms with Crippen LogP contribution in [0.4, 0.5) is 5.69 Å². The number of piperidine rings is 2. The second-order valence-electron chi connectivity index (χ2n) is 6.62. The van der Waals surface area contributed by atoms with Gasteiger partial charge in [-0.15, -0.1) is 0 Å². The largest absolute Gasteiger partial charge is 0.370 e. The van der Waals surface area contributed by atoms with Crippen LogP contribution < -0.4 is 15.8 Å². The van der Waals surface area contributed by atoms with E-state index in [2.05, 4.69) is 22.2 Å². The van der Waals surface area contributed by atoms with E-state index in [9.17, 15) is 4.79 Å². The Morgan fingerprint density at radius 2 is 2.14 bits per heavy atom. The van der Waals surface area contributed by atoms with Crippen LogP contribution in [-0.2, 0) is 6.54 Å². The van der Waals surface area contributed by atoms with Crippen molar-refractivity contribution in [3.63, 3.8) is 0 Å². The van der Waals surface area contributed by atoms with Crippen LogP contribution in [0.1, 0.15) is 32.6 Å². The first-order valence-electron chi connectivity index (χ1n) is 8.25. The maximum absolute atomic E-state index is 12.3. The molecule has 116 valence electrons.